The summed E-state index contributed by atoms with van der Waals surface area (Å²) in [7, 11) is 0. The highest BCUT2D eigenvalue weighted by Crippen LogP contribution is 2.25. The zero-order valence-electron chi connectivity index (χ0n) is 10.4. The van der Waals surface area contributed by atoms with Crippen molar-refractivity contribution >= 4 is 11.6 Å². The largest absolute Gasteiger partial charge is 0.506 e. The number of carbonyl (C=O) groups excluding carboxylic acids is 1. The van der Waals surface area contributed by atoms with Crippen LogP contribution in [0.5, 0.6) is 5.75 Å². The molecule has 2 N–H and O–H groups in total. The molecule has 1 amide bonds. The molecule has 2 aromatic rings. The van der Waals surface area contributed by atoms with Crippen molar-refractivity contribution in [3.05, 3.63) is 53.3 Å². The van der Waals surface area contributed by atoms with E-state index in [0.717, 1.165) is 18.5 Å². The van der Waals surface area contributed by atoms with Crippen molar-refractivity contribution in [2.24, 2.45) is 0 Å². The number of rotatable bonds is 2. The molecule has 0 saturated carbocycles. The fraction of sp³-hybridized carbons (Fsp3) is 0.200. The fourth-order valence-electron chi connectivity index (χ4n) is 2.40. The lowest BCUT2D eigenvalue weighted by Gasteiger charge is -2.07. The highest BCUT2D eigenvalue weighted by molar-refractivity contribution is 6.04. The van der Waals surface area contributed by atoms with E-state index >= 15 is 0 Å². The molecule has 96 valence electrons. The molecule has 1 aliphatic carbocycles. The summed E-state index contributed by atoms with van der Waals surface area (Å²) in [5, 5.41) is 12.1. The number of amides is 1. The van der Waals surface area contributed by atoms with Gasteiger partial charge in [-0.3, -0.25) is 9.78 Å². The number of nitrogens with zero attached hydrogens (tertiary/aromatic N) is 1. The van der Waals surface area contributed by atoms with Gasteiger partial charge < -0.3 is 10.4 Å². The van der Waals surface area contributed by atoms with Crippen LogP contribution in [-0.2, 0) is 12.8 Å². The molecule has 0 spiro atoms. The highest BCUT2D eigenvalue weighted by Gasteiger charge is 2.12. The molecule has 0 fully saturated rings. The average Bonchev–Trinajstić information content (AvgIpc) is 2.86. The number of hydrogen-bond donors (Lipinski definition) is 2. The maximum Gasteiger partial charge on any atom is 0.257 e. The Labute approximate surface area is 111 Å². The summed E-state index contributed by atoms with van der Waals surface area (Å²) in [6.45, 7) is 0. The standard InChI is InChI=1S/C15H14N2O2/c18-14-7-12(8-16-9-14)15(19)17-13-5-4-10-2-1-3-11(10)6-13/h4-9,18H,1-3H2,(H,17,19). The summed E-state index contributed by atoms with van der Waals surface area (Å²) in [5.41, 5.74) is 3.82. The van der Waals surface area contributed by atoms with E-state index in [2.05, 4.69) is 16.4 Å². The minimum Gasteiger partial charge on any atom is -0.506 e. The van der Waals surface area contributed by atoms with Crippen molar-refractivity contribution in [2.45, 2.75) is 19.3 Å². The van der Waals surface area contributed by atoms with Crippen LogP contribution >= 0.6 is 0 Å². The van der Waals surface area contributed by atoms with Gasteiger partial charge in [0.1, 0.15) is 5.75 Å². The topological polar surface area (TPSA) is 62.2 Å². The van der Waals surface area contributed by atoms with Crippen LogP contribution in [0.2, 0.25) is 0 Å². The van der Waals surface area contributed by atoms with E-state index in [1.54, 1.807) is 0 Å². The lowest BCUT2D eigenvalue weighted by Crippen LogP contribution is -2.12. The maximum absolute atomic E-state index is 12.0. The van der Waals surface area contributed by atoms with Gasteiger partial charge in [0.2, 0.25) is 0 Å². The second-order valence-electron chi connectivity index (χ2n) is 4.72. The van der Waals surface area contributed by atoms with Gasteiger partial charge in [0.05, 0.1) is 11.8 Å². The van der Waals surface area contributed by atoms with Crippen molar-refractivity contribution in [1.82, 2.24) is 4.98 Å². The van der Waals surface area contributed by atoms with Crippen molar-refractivity contribution in [2.75, 3.05) is 5.32 Å². The van der Waals surface area contributed by atoms with E-state index in [4.69, 9.17) is 0 Å². The van der Waals surface area contributed by atoms with Crippen LogP contribution in [0.1, 0.15) is 27.9 Å². The smallest absolute Gasteiger partial charge is 0.257 e. The summed E-state index contributed by atoms with van der Waals surface area (Å²) in [6.07, 6.45) is 6.12. The molecule has 0 atom stereocenters. The number of nitrogens with one attached hydrogen (secondary N) is 1. The van der Waals surface area contributed by atoms with Crippen LogP contribution in [-0.4, -0.2) is 16.0 Å². The molecular weight excluding hydrogens is 240 g/mol. The van der Waals surface area contributed by atoms with Gasteiger partial charge in [-0.25, -0.2) is 0 Å². The number of hydrogen-bond acceptors (Lipinski definition) is 3. The lowest BCUT2D eigenvalue weighted by molar-refractivity contribution is 0.102. The molecule has 4 nitrogen and oxygen atoms in total. The molecule has 1 aliphatic rings. The van der Waals surface area contributed by atoms with E-state index in [0.29, 0.717) is 5.56 Å². The van der Waals surface area contributed by atoms with Gasteiger partial charge in [0.25, 0.3) is 5.91 Å². The molecule has 0 saturated heterocycles. The Morgan fingerprint density at radius 1 is 1.16 bits per heavy atom. The van der Waals surface area contributed by atoms with E-state index in [1.165, 1.54) is 36.0 Å². The number of anilines is 1. The normalized spacial score (nSPS) is 13.1. The molecular formula is C15H14N2O2. The summed E-state index contributed by atoms with van der Waals surface area (Å²) >= 11 is 0. The van der Waals surface area contributed by atoms with Gasteiger partial charge in [-0.15, -0.1) is 0 Å². The Balaban J connectivity index is 1.80. The highest BCUT2D eigenvalue weighted by atomic mass is 16.3. The predicted molar refractivity (Wildman–Crippen MR) is 72.3 cm³/mol. The minimum absolute atomic E-state index is 0.0124. The third kappa shape index (κ3) is 2.42. The molecule has 0 aliphatic heterocycles. The summed E-state index contributed by atoms with van der Waals surface area (Å²) in [5.74, 6) is -0.275. The van der Waals surface area contributed by atoms with Crippen LogP contribution in [0.25, 0.3) is 0 Å². The van der Waals surface area contributed by atoms with Crippen LogP contribution in [0.3, 0.4) is 0 Å². The molecule has 4 heteroatoms. The monoisotopic (exact) mass is 254 g/mol. The van der Waals surface area contributed by atoms with Gasteiger partial charge in [-0.1, -0.05) is 6.07 Å². The molecule has 1 heterocycles. The molecule has 3 rings (SSSR count). The molecule has 0 unspecified atom stereocenters. The van der Waals surface area contributed by atoms with Crippen LogP contribution in [0.4, 0.5) is 5.69 Å². The fourth-order valence-corrected chi connectivity index (χ4v) is 2.40. The second kappa shape index (κ2) is 4.72. The quantitative estimate of drug-likeness (QED) is 0.865. The maximum atomic E-state index is 12.0. The molecule has 0 bridgehead atoms. The zero-order valence-corrected chi connectivity index (χ0v) is 10.4. The van der Waals surface area contributed by atoms with Crippen LogP contribution < -0.4 is 5.32 Å². The average molecular weight is 254 g/mol. The first-order valence-corrected chi connectivity index (χ1v) is 6.29. The molecule has 19 heavy (non-hydrogen) atoms. The van der Waals surface area contributed by atoms with Crippen molar-refractivity contribution in [1.29, 1.82) is 0 Å². The number of fused-ring (bicyclic) bond motifs is 1. The van der Waals surface area contributed by atoms with E-state index in [9.17, 15) is 9.90 Å². The number of aromatic hydroxyl groups is 1. The summed E-state index contributed by atoms with van der Waals surface area (Å²) in [6, 6.07) is 7.41. The number of aryl methyl sites for hydroxylation is 2. The van der Waals surface area contributed by atoms with Gasteiger partial charge in [0.15, 0.2) is 0 Å². The molecule has 0 radical (unpaired) electrons. The van der Waals surface area contributed by atoms with Crippen molar-refractivity contribution < 1.29 is 9.90 Å². The van der Waals surface area contributed by atoms with Crippen LogP contribution in [0, 0.1) is 0 Å². The number of carbonyl (C=O) groups is 1. The van der Waals surface area contributed by atoms with Crippen LogP contribution in [0.15, 0.2) is 36.7 Å². The summed E-state index contributed by atoms with van der Waals surface area (Å²) in [4.78, 5) is 15.8. The Morgan fingerprint density at radius 2 is 2.00 bits per heavy atom. The molecule has 1 aromatic heterocycles. The Hall–Kier alpha value is -2.36. The third-order valence-electron chi connectivity index (χ3n) is 3.34. The van der Waals surface area contributed by atoms with E-state index in [-0.39, 0.29) is 11.7 Å². The zero-order chi connectivity index (χ0) is 13.2. The Kier molecular flexibility index (Phi) is 2.91. The van der Waals surface area contributed by atoms with Crippen molar-refractivity contribution in [3.63, 3.8) is 0 Å². The Bertz CT molecular complexity index is 638. The SMILES string of the molecule is O=C(Nc1ccc2c(c1)CCC2)c1cncc(O)c1. The second-order valence-corrected chi connectivity index (χ2v) is 4.72. The summed E-state index contributed by atoms with van der Waals surface area (Å²) < 4.78 is 0. The van der Waals surface area contributed by atoms with Gasteiger partial charge >= 0.3 is 0 Å². The number of benzene rings is 1. The predicted octanol–water partition coefficient (Wildman–Crippen LogP) is 2.53. The lowest BCUT2D eigenvalue weighted by atomic mass is 10.1. The minimum atomic E-state index is -0.263. The van der Waals surface area contributed by atoms with Gasteiger partial charge in [-0.2, -0.15) is 0 Å². The number of pyridine rings is 1. The van der Waals surface area contributed by atoms with E-state index < -0.39 is 0 Å². The van der Waals surface area contributed by atoms with E-state index in [1.807, 2.05) is 12.1 Å². The Morgan fingerprint density at radius 3 is 2.84 bits per heavy atom. The van der Waals surface area contributed by atoms with Crippen molar-refractivity contribution in [3.8, 4) is 5.75 Å². The first-order chi connectivity index (χ1) is 9.22. The molecule has 1 aromatic carbocycles. The third-order valence-corrected chi connectivity index (χ3v) is 3.34. The number of aromatic nitrogens is 1. The first kappa shape index (κ1) is 11.7. The van der Waals surface area contributed by atoms with Gasteiger partial charge in [-0.05, 0) is 48.6 Å². The van der Waals surface area contributed by atoms with Gasteiger partial charge in [0, 0.05) is 11.9 Å². The first-order valence-electron chi connectivity index (χ1n) is 6.29.